The molecule has 3 N–H and O–H groups in total. The first kappa shape index (κ1) is 15.8. The lowest BCUT2D eigenvalue weighted by molar-refractivity contribution is -0.127. The Balaban J connectivity index is 0.00000162. The van der Waals surface area contributed by atoms with Crippen molar-refractivity contribution >= 4 is 18.3 Å². The van der Waals surface area contributed by atoms with Crippen molar-refractivity contribution in [3.63, 3.8) is 0 Å². The molecule has 2 rings (SSSR count). The number of rotatable bonds is 2. The molecule has 0 spiro atoms. The summed E-state index contributed by atoms with van der Waals surface area (Å²) in [5, 5.41) is 3.22. The molecule has 18 heavy (non-hydrogen) atoms. The standard InChI is InChI=1S/C14H26N2O.ClH/c1-10-6-5-7-12(11(10)2)16-13(17)14(15)8-3-4-9-14;/h10-12H,3-9,15H2,1-2H3,(H,16,17);1H. The highest BCUT2D eigenvalue weighted by atomic mass is 35.5. The van der Waals surface area contributed by atoms with Crippen molar-refractivity contribution in [3.8, 4) is 0 Å². The lowest BCUT2D eigenvalue weighted by atomic mass is 9.77. The normalized spacial score (nSPS) is 34.7. The molecule has 2 aliphatic rings. The Kier molecular flexibility index (Phi) is 5.47. The van der Waals surface area contributed by atoms with Gasteiger partial charge in [0.15, 0.2) is 0 Å². The van der Waals surface area contributed by atoms with E-state index in [4.69, 9.17) is 5.73 Å². The predicted octanol–water partition coefficient (Wildman–Crippen LogP) is 2.62. The van der Waals surface area contributed by atoms with Crippen molar-refractivity contribution in [2.24, 2.45) is 17.6 Å². The Morgan fingerprint density at radius 1 is 1.17 bits per heavy atom. The van der Waals surface area contributed by atoms with E-state index in [0.717, 1.165) is 32.1 Å². The Morgan fingerprint density at radius 2 is 1.78 bits per heavy atom. The quantitative estimate of drug-likeness (QED) is 0.813. The molecule has 3 unspecified atom stereocenters. The maximum absolute atomic E-state index is 12.3. The van der Waals surface area contributed by atoms with E-state index < -0.39 is 5.54 Å². The molecular weight excluding hydrogens is 248 g/mol. The first-order valence-corrected chi connectivity index (χ1v) is 7.13. The molecule has 0 bridgehead atoms. The molecule has 1 amide bonds. The van der Waals surface area contributed by atoms with E-state index in [1.54, 1.807) is 0 Å². The number of halogens is 1. The molecule has 106 valence electrons. The van der Waals surface area contributed by atoms with Crippen molar-refractivity contribution < 1.29 is 4.79 Å². The average molecular weight is 275 g/mol. The summed E-state index contributed by atoms with van der Waals surface area (Å²) < 4.78 is 0. The molecule has 0 aromatic heterocycles. The van der Waals surface area contributed by atoms with Crippen molar-refractivity contribution in [1.29, 1.82) is 0 Å². The summed E-state index contributed by atoms with van der Waals surface area (Å²) in [5.41, 5.74) is 5.62. The Morgan fingerprint density at radius 3 is 2.39 bits per heavy atom. The molecule has 0 saturated heterocycles. The topological polar surface area (TPSA) is 55.1 Å². The predicted molar refractivity (Wildman–Crippen MR) is 76.7 cm³/mol. The molecule has 2 aliphatic carbocycles. The van der Waals surface area contributed by atoms with Gasteiger partial charge in [-0.2, -0.15) is 0 Å². The molecule has 0 aromatic rings. The zero-order valence-corrected chi connectivity index (χ0v) is 12.4. The molecule has 0 heterocycles. The zero-order chi connectivity index (χ0) is 12.5. The number of carbonyl (C=O) groups excluding carboxylic acids is 1. The molecule has 3 nitrogen and oxygen atoms in total. The van der Waals surface area contributed by atoms with E-state index in [-0.39, 0.29) is 18.3 Å². The highest BCUT2D eigenvalue weighted by Crippen LogP contribution is 2.31. The van der Waals surface area contributed by atoms with Gasteiger partial charge in [0.1, 0.15) is 0 Å². The SMILES string of the molecule is CC1CCCC(NC(=O)C2(N)CCCC2)C1C.Cl. The van der Waals surface area contributed by atoms with Crippen LogP contribution in [0.2, 0.25) is 0 Å². The number of carbonyl (C=O) groups is 1. The monoisotopic (exact) mass is 274 g/mol. The van der Waals surface area contributed by atoms with Crippen LogP contribution < -0.4 is 11.1 Å². The molecule has 2 saturated carbocycles. The fourth-order valence-electron chi connectivity index (χ4n) is 3.33. The van der Waals surface area contributed by atoms with Crippen molar-refractivity contribution in [1.82, 2.24) is 5.32 Å². The van der Waals surface area contributed by atoms with Gasteiger partial charge in [-0.15, -0.1) is 12.4 Å². The van der Waals surface area contributed by atoms with Gasteiger partial charge in [0.25, 0.3) is 0 Å². The minimum atomic E-state index is -0.569. The van der Waals surface area contributed by atoms with Gasteiger partial charge in [-0.1, -0.05) is 39.5 Å². The molecule has 4 heteroatoms. The van der Waals surface area contributed by atoms with Crippen LogP contribution in [0.3, 0.4) is 0 Å². The molecule has 2 fully saturated rings. The van der Waals surface area contributed by atoms with Crippen molar-refractivity contribution in [2.75, 3.05) is 0 Å². The van der Waals surface area contributed by atoms with Gasteiger partial charge in [-0.05, 0) is 31.1 Å². The zero-order valence-electron chi connectivity index (χ0n) is 11.6. The maximum Gasteiger partial charge on any atom is 0.240 e. The number of hydrogen-bond donors (Lipinski definition) is 2. The fourth-order valence-corrected chi connectivity index (χ4v) is 3.33. The van der Waals surface area contributed by atoms with Gasteiger partial charge in [-0.3, -0.25) is 4.79 Å². The molecule has 0 radical (unpaired) electrons. The molecular formula is C14H27ClN2O. The second-order valence-corrected chi connectivity index (χ2v) is 6.21. The first-order chi connectivity index (χ1) is 8.03. The number of hydrogen-bond acceptors (Lipinski definition) is 2. The van der Waals surface area contributed by atoms with Gasteiger partial charge in [0, 0.05) is 6.04 Å². The largest absolute Gasteiger partial charge is 0.351 e. The Hall–Kier alpha value is -0.280. The first-order valence-electron chi connectivity index (χ1n) is 7.13. The summed E-state index contributed by atoms with van der Waals surface area (Å²) in [5.74, 6) is 1.39. The summed E-state index contributed by atoms with van der Waals surface area (Å²) in [6.45, 7) is 4.55. The lowest BCUT2D eigenvalue weighted by Crippen LogP contribution is -2.56. The van der Waals surface area contributed by atoms with E-state index in [2.05, 4.69) is 19.2 Å². The Labute approximate surface area is 117 Å². The molecule has 0 aliphatic heterocycles. The lowest BCUT2D eigenvalue weighted by Gasteiger charge is -2.36. The highest BCUT2D eigenvalue weighted by molar-refractivity contribution is 5.86. The van der Waals surface area contributed by atoms with Gasteiger partial charge < -0.3 is 11.1 Å². The van der Waals surface area contributed by atoms with Crippen LogP contribution >= 0.6 is 12.4 Å². The van der Waals surface area contributed by atoms with E-state index in [1.807, 2.05) is 0 Å². The molecule has 0 aromatic carbocycles. The third-order valence-corrected chi connectivity index (χ3v) is 4.97. The Bertz CT molecular complexity index is 290. The van der Waals surface area contributed by atoms with E-state index in [9.17, 15) is 4.79 Å². The van der Waals surface area contributed by atoms with Gasteiger partial charge in [-0.25, -0.2) is 0 Å². The number of amides is 1. The minimum absolute atomic E-state index is 0. The van der Waals surface area contributed by atoms with E-state index in [0.29, 0.717) is 17.9 Å². The number of nitrogens with one attached hydrogen (secondary N) is 1. The summed E-state index contributed by atoms with van der Waals surface area (Å²) in [6.07, 6.45) is 7.55. The van der Waals surface area contributed by atoms with Gasteiger partial charge in [0.2, 0.25) is 5.91 Å². The summed E-state index contributed by atoms with van der Waals surface area (Å²) >= 11 is 0. The van der Waals surface area contributed by atoms with Crippen LogP contribution in [0.1, 0.15) is 58.8 Å². The minimum Gasteiger partial charge on any atom is -0.351 e. The van der Waals surface area contributed by atoms with Gasteiger partial charge in [0.05, 0.1) is 5.54 Å². The van der Waals surface area contributed by atoms with E-state index in [1.165, 1.54) is 12.8 Å². The highest BCUT2D eigenvalue weighted by Gasteiger charge is 2.39. The van der Waals surface area contributed by atoms with Gasteiger partial charge >= 0.3 is 0 Å². The second kappa shape index (κ2) is 6.25. The smallest absolute Gasteiger partial charge is 0.240 e. The van der Waals surface area contributed by atoms with Crippen LogP contribution in [0.15, 0.2) is 0 Å². The van der Waals surface area contributed by atoms with Crippen molar-refractivity contribution in [2.45, 2.75) is 70.4 Å². The molecule has 3 atom stereocenters. The summed E-state index contributed by atoms with van der Waals surface area (Å²) in [7, 11) is 0. The average Bonchev–Trinajstić information content (AvgIpc) is 2.73. The van der Waals surface area contributed by atoms with Crippen LogP contribution in [0, 0.1) is 11.8 Å². The third kappa shape index (κ3) is 3.18. The van der Waals surface area contributed by atoms with Crippen LogP contribution in [0.25, 0.3) is 0 Å². The fraction of sp³-hybridized carbons (Fsp3) is 0.929. The van der Waals surface area contributed by atoms with E-state index >= 15 is 0 Å². The number of nitrogens with two attached hydrogens (primary N) is 1. The van der Waals surface area contributed by atoms with Crippen molar-refractivity contribution in [3.05, 3.63) is 0 Å². The summed E-state index contributed by atoms with van der Waals surface area (Å²) in [6, 6.07) is 0.340. The maximum atomic E-state index is 12.3. The second-order valence-electron chi connectivity index (χ2n) is 6.21. The van der Waals surface area contributed by atoms with Crippen LogP contribution in [-0.4, -0.2) is 17.5 Å². The third-order valence-electron chi connectivity index (χ3n) is 4.97. The van der Waals surface area contributed by atoms with Crippen LogP contribution in [0.4, 0.5) is 0 Å². The summed E-state index contributed by atoms with van der Waals surface area (Å²) in [4.78, 5) is 12.3. The van der Waals surface area contributed by atoms with Crippen LogP contribution in [-0.2, 0) is 4.79 Å². The van der Waals surface area contributed by atoms with Crippen LogP contribution in [0.5, 0.6) is 0 Å².